The maximum absolute atomic E-state index is 14.1. The zero-order valence-electron chi connectivity index (χ0n) is 23.8. The molecule has 1 atom stereocenters. The van der Waals surface area contributed by atoms with Gasteiger partial charge in [0.25, 0.3) is 10.0 Å². The van der Waals surface area contributed by atoms with Crippen molar-refractivity contribution in [2.24, 2.45) is 0 Å². The molecule has 0 radical (unpaired) electrons. The fourth-order valence-corrected chi connectivity index (χ4v) is 5.90. The zero-order valence-corrected chi connectivity index (χ0v) is 24.6. The smallest absolute Gasteiger partial charge is 0.264 e. The fourth-order valence-electron chi connectivity index (χ4n) is 4.43. The normalized spacial score (nSPS) is 12.1. The molecule has 2 amide bonds. The summed E-state index contributed by atoms with van der Waals surface area (Å²) in [4.78, 5) is 28.7. The molecule has 0 bridgehead atoms. The van der Waals surface area contributed by atoms with E-state index < -0.39 is 34.3 Å². The Bertz CT molecular complexity index is 1420. The Morgan fingerprint density at radius 1 is 0.925 bits per heavy atom. The van der Waals surface area contributed by atoms with Crippen molar-refractivity contribution in [3.63, 3.8) is 0 Å². The van der Waals surface area contributed by atoms with Crippen LogP contribution in [0.25, 0.3) is 0 Å². The van der Waals surface area contributed by atoms with Crippen LogP contribution >= 0.6 is 0 Å². The summed E-state index contributed by atoms with van der Waals surface area (Å²) in [5, 5.41) is 2.85. The van der Waals surface area contributed by atoms with Crippen molar-refractivity contribution in [3.05, 3.63) is 94.8 Å². The second kappa shape index (κ2) is 13.6. The highest BCUT2D eigenvalue weighted by molar-refractivity contribution is 7.92. The summed E-state index contributed by atoms with van der Waals surface area (Å²) in [7, 11) is -4.15. The molecule has 7 nitrogen and oxygen atoms in total. The molecule has 3 aromatic rings. The van der Waals surface area contributed by atoms with E-state index in [1.54, 1.807) is 43.3 Å². The van der Waals surface area contributed by atoms with Crippen LogP contribution in [0.3, 0.4) is 0 Å². The van der Waals surface area contributed by atoms with Crippen molar-refractivity contribution in [2.75, 3.05) is 17.4 Å². The lowest BCUT2D eigenvalue weighted by molar-refractivity contribution is -0.140. The molecular weight excluding hydrogens is 529 g/mol. The first-order chi connectivity index (χ1) is 19.0. The molecule has 0 unspecified atom stereocenters. The second-order valence-corrected chi connectivity index (χ2v) is 11.8. The van der Waals surface area contributed by atoms with E-state index in [0.29, 0.717) is 24.2 Å². The van der Waals surface area contributed by atoms with Gasteiger partial charge in [-0.15, -0.1) is 0 Å². The number of halogens is 1. The number of nitrogens with zero attached hydrogens (tertiary/aromatic N) is 2. The number of sulfonamides is 1. The van der Waals surface area contributed by atoms with Gasteiger partial charge in [-0.05, 0) is 80.6 Å². The molecule has 9 heteroatoms. The van der Waals surface area contributed by atoms with Crippen molar-refractivity contribution < 1.29 is 22.4 Å². The predicted octanol–water partition coefficient (Wildman–Crippen LogP) is 5.28. The van der Waals surface area contributed by atoms with Crippen LogP contribution in [0.4, 0.5) is 10.1 Å². The highest BCUT2D eigenvalue weighted by Crippen LogP contribution is 2.29. The number of amides is 2. The number of nitrogens with one attached hydrogen (secondary N) is 1. The lowest BCUT2D eigenvalue weighted by Gasteiger charge is -2.33. The van der Waals surface area contributed by atoms with E-state index in [0.717, 1.165) is 27.4 Å². The van der Waals surface area contributed by atoms with E-state index in [1.165, 1.54) is 29.2 Å². The van der Waals surface area contributed by atoms with Crippen LogP contribution in [0.2, 0.25) is 0 Å². The van der Waals surface area contributed by atoms with Gasteiger partial charge in [0.2, 0.25) is 11.8 Å². The molecule has 214 valence electrons. The van der Waals surface area contributed by atoms with E-state index in [-0.39, 0.29) is 17.3 Å². The number of benzene rings is 3. The molecule has 0 saturated heterocycles. The minimum absolute atomic E-state index is 0.0163. The van der Waals surface area contributed by atoms with Gasteiger partial charge in [-0.3, -0.25) is 13.9 Å². The lowest BCUT2D eigenvalue weighted by atomic mass is 10.1. The van der Waals surface area contributed by atoms with Gasteiger partial charge >= 0.3 is 0 Å². The second-order valence-electron chi connectivity index (χ2n) is 9.91. The summed E-state index contributed by atoms with van der Waals surface area (Å²) in [5.41, 5.74) is 3.52. The van der Waals surface area contributed by atoms with Crippen LogP contribution < -0.4 is 9.62 Å². The van der Waals surface area contributed by atoms with E-state index >= 15 is 0 Å². The maximum Gasteiger partial charge on any atom is 0.264 e. The standard InChI is InChI=1S/C31H38FN3O4S/c1-6-19-33-31(37)28(7-2)34(20-25-13-15-26(32)16-14-25)30(36)21-35(29-10-8-9-23(4)24(29)5)40(38,39)27-17-11-22(3)12-18-27/h8-18,28H,6-7,19-21H2,1-5H3,(H,33,37)/t28-/m1/s1. The number of carbonyl (C=O) groups is 2. The molecule has 40 heavy (non-hydrogen) atoms. The molecule has 3 rings (SSSR count). The Labute approximate surface area is 237 Å². The summed E-state index contributed by atoms with van der Waals surface area (Å²) in [6.45, 7) is 9.24. The molecule has 0 aromatic heterocycles. The minimum Gasteiger partial charge on any atom is -0.354 e. The van der Waals surface area contributed by atoms with Gasteiger partial charge in [0.15, 0.2) is 0 Å². The van der Waals surface area contributed by atoms with E-state index in [4.69, 9.17) is 0 Å². The largest absolute Gasteiger partial charge is 0.354 e. The molecule has 0 fully saturated rings. The van der Waals surface area contributed by atoms with Crippen LogP contribution in [0.15, 0.2) is 71.6 Å². The summed E-state index contributed by atoms with van der Waals surface area (Å²) in [6, 6.07) is 16.6. The van der Waals surface area contributed by atoms with Gasteiger partial charge in [-0.25, -0.2) is 12.8 Å². The maximum atomic E-state index is 14.1. The number of hydrogen-bond donors (Lipinski definition) is 1. The lowest BCUT2D eigenvalue weighted by Crippen LogP contribution is -2.52. The summed E-state index contributed by atoms with van der Waals surface area (Å²) in [6.07, 6.45) is 1.04. The number of rotatable bonds is 12. The van der Waals surface area contributed by atoms with Crippen molar-refractivity contribution >= 4 is 27.5 Å². The van der Waals surface area contributed by atoms with Gasteiger partial charge in [0.05, 0.1) is 10.6 Å². The highest BCUT2D eigenvalue weighted by atomic mass is 32.2. The third-order valence-corrected chi connectivity index (χ3v) is 8.71. The Hall–Kier alpha value is -3.72. The average molecular weight is 568 g/mol. The minimum atomic E-state index is -4.15. The van der Waals surface area contributed by atoms with E-state index in [2.05, 4.69) is 5.32 Å². The first-order valence-corrected chi connectivity index (χ1v) is 14.9. The van der Waals surface area contributed by atoms with Gasteiger partial charge in [0, 0.05) is 13.1 Å². The summed E-state index contributed by atoms with van der Waals surface area (Å²) < 4.78 is 42.7. The number of aryl methyl sites for hydroxylation is 2. The molecule has 0 saturated carbocycles. The zero-order chi connectivity index (χ0) is 29.4. The topological polar surface area (TPSA) is 86.8 Å². The first-order valence-electron chi connectivity index (χ1n) is 13.5. The first kappa shape index (κ1) is 30.8. The number of carbonyl (C=O) groups excluding carboxylic acids is 2. The van der Waals surface area contributed by atoms with Crippen LogP contribution in [0.5, 0.6) is 0 Å². The van der Waals surface area contributed by atoms with E-state index in [1.807, 2.05) is 33.8 Å². The monoisotopic (exact) mass is 567 g/mol. The van der Waals surface area contributed by atoms with Crippen molar-refractivity contribution in [2.45, 2.75) is 64.9 Å². The van der Waals surface area contributed by atoms with Crippen LogP contribution in [-0.4, -0.2) is 44.3 Å². The SMILES string of the molecule is CCCNC(=O)[C@@H](CC)N(Cc1ccc(F)cc1)C(=O)CN(c1cccc(C)c1C)S(=O)(=O)c1ccc(C)cc1. The molecule has 1 N–H and O–H groups in total. The van der Waals surface area contributed by atoms with Gasteiger partial charge in [0.1, 0.15) is 18.4 Å². The Morgan fingerprint density at radius 3 is 2.17 bits per heavy atom. The molecule has 0 aliphatic rings. The van der Waals surface area contributed by atoms with Crippen LogP contribution in [0.1, 0.15) is 48.9 Å². The molecule has 3 aromatic carbocycles. The highest BCUT2D eigenvalue weighted by Gasteiger charge is 2.34. The van der Waals surface area contributed by atoms with Crippen molar-refractivity contribution in [1.82, 2.24) is 10.2 Å². The van der Waals surface area contributed by atoms with Crippen LogP contribution in [-0.2, 0) is 26.2 Å². The van der Waals surface area contributed by atoms with Gasteiger partial charge < -0.3 is 10.2 Å². The predicted molar refractivity (Wildman–Crippen MR) is 156 cm³/mol. The van der Waals surface area contributed by atoms with Crippen LogP contribution in [0, 0.1) is 26.6 Å². The number of hydrogen-bond acceptors (Lipinski definition) is 4. The van der Waals surface area contributed by atoms with Gasteiger partial charge in [-0.2, -0.15) is 0 Å². The van der Waals surface area contributed by atoms with Crippen molar-refractivity contribution in [1.29, 1.82) is 0 Å². The molecule has 0 heterocycles. The molecule has 0 aliphatic heterocycles. The molecular formula is C31H38FN3O4S. The summed E-state index contributed by atoms with van der Waals surface area (Å²) >= 11 is 0. The van der Waals surface area contributed by atoms with Crippen molar-refractivity contribution in [3.8, 4) is 0 Å². The Kier molecular flexibility index (Phi) is 10.5. The number of anilines is 1. The molecule has 0 spiro atoms. The fraction of sp³-hybridized carbons (Fsp3) is 0.355. The third-order valence-electron chi connectivity index (χ3n) is 6.93. The average Bonchev–Trinajstić information content (AvgIpc) is 2.93. The summed E-state index contributed by atoms with van der Waals surface area (Å²) in [5.74, 6) is -1.28. The quantitative estimate of drug-likeness (QED) is 0.323. The molecule has 0 aliphatic carbocycles. The third kappa shape index (κ3) is 7.27. The van der Waals surface area contributed by atoms with Gasteiger partial charge in [-0.1, -0.05) is 55.8 Å². The Balaban J connectivity index is 2.09. The Morgan fingerprint density at radius 2 is 1.57 bits per heavy atom. The van der Waals surface area contributed by atoms with E-state index in [9.17, 15) is 22.4 Å².